The van der Waals surface area contributed by atoms with Crippen LogP contribution in [0.25, 0.3) is 22.4 Å². The van der Waals surface area contributed by atoms with Crippen LogP contribution in [0.4, 0.5) is 5.82 Å². The minimum absolute atomic E-state index is 0.649. The summed E-state index contributed by atoms with van der Waals surface area (Å²) in [5.41, 5.74) is 1.58. The van der Waals surface area contributed by atoms with Gasteiger partial charge in [0, 0.05) is 37.1 Å². The number of fused-ring (bicyclic) bond motifs is 1. The van der Waals surface area contributed by atoms with Crippen LogP contribution in [-0.4, -0.2) is 41.7 Å². The van der Waals surface area contributed by atoms with E-state index >= 15 is 0 Å². The molecule has 0 aromatic carbocycles. The second-order valence-electron chi connectivity index (χ2n) is 5.52. The van der Waals surface area contributed by atoms with Crippen molar-refractivity contribution in [3.8, 4) is 11.4 Å². The molecule has 0 radical (unpaired) electrons. The summed E-state index contributed by atoms with van der Waals surface area (Å²) in [6.07, 6.45) is 5.89. The highest BCUT2D eigenvalue weighted by atomic mass is 15.2. The molecule has 2 N–H and O–H groups in total. The Labute approximate surface area is 143 Å². The Balaban J connectivity index is 1.46. The number of hydrogen-bond acceptors (Lipinski definition) is 7. The molecule has 8 nitrogen and oxygen atoms in total. The lowest BCUT2D eigenvalue weighted by atomic mass is 10.3. The third kappa shape index (κ3) is 3.27. The van der Waals surface area contributed by atoms with Gasteiger partial charge in [-0.2, -0.15) is 5.10 Å². The number of pyridine rings is 2. The lowest BCUT2D eigenvalue weighted by Gasteiger charge is -2.08. The molecule has 0 spiro atoms. The number of rotatable bonds is 5. The lowest BCUT2D eigenvalue weighted by Crippen LogP contribution is -2.09. The predicted molar refractivity (Wildman–Crippen MR) is 93.9 cm³/mol. The maximum Gasteiger partial charge on any atom is 0.182 e. The largest absolute Gasteiger partial charge is 0.369 e. The van der Waals surface area contributed by atoms with Crippen LogP contribution >= 0.6 is 0 Å². The summed E-state index contributed by atoms with van der Waals surface area (Å²) in [5.74, 6) is 2.92. The zero-order chi connectivity index (χ0) is 17.1. The number of hydrogen-bond donors (Lipinski definition) is 2. The van der Waals surface area contributed by atoms with Crippen molar-refractivity contribution in [3.05, 3.63) is 54.5 Å². The maximum atomic E-state index is 4.50. The van der Waals surface area contributed by atoms with E-state index in [1.165, 1.54) is 0 Å². The molecule has 8 heteroatoms. The minimum Gasteiger partial charge on any atom is -0.369 e. The first-order valence-corrected chi connectivity index (χ1v) is 7.94. The van der Waals surface area contributed by atoms with E-state index in [4.69, 9.17) is 0 Å². The fourth-order valence-corrected chi connectivity index (χ4v) is 2.54. The highest BCUT2D eigenvalue weighted by Crippen LogP contribution is 2.18. The number of nitrogens with one attached hydrogen (secondary N) is 2. The highest BCUT2D eigenvalue weighted by Gasteiger charge is 2.08. The quantitative estimate of drug-likeness (QED) is 0.577. The first kappa shape index (κ1) is 15.1. The predicted octanol–water partition coefficient (Wildman–Crippen LogP) is 2.17. The van der Waals surface area contributed by atoms with Gasteiger partial charge in [0.1, 0.15) is 17.5 Å². The summed E-state index contributed by atoms with van der Waals surface area (Å²) < 4.78 is 0. The van der Waals surface area contributed by atoms with E-state index in [1.54, 1.807) is 18.6 Å². The number of anilines is 1. The first-order chi connectivity index (χ1) is 12.3. The Kier molecular flexibility index (Phi) is 3.99. The van der Waals surface area contributed by atoms with Crippen LogP contribution in [0.1, 0.15) is 11.6 Å². The van der Waals surface area contributed by atoms with E-state index in [1.807, 2.05) is 31.2 Å². The molecule has 25 heavy (non-hydrogen) atoms. The van der Waals surface area contributed by atoms with Gasteiger partial charge in [-0.1, -0.05) is 0 Å². The second kappa shape index (κ2) is 6.60. The van der Waals surface area contributed by atoms with Crippen molar-refractivity contribution in [3.63, 3.8) is 0 Å². The fourth-order valence-electron chi connectivity index (χ4n) is 2.54. The number of aromatic nitrogens is 7. The SMILES string of the molecule is Cc1nc(NCCc2nc(-c3cccnc3)n[nH]2)c2cccnc2n1. The van der Waals surface area contributed by atoms with E-state index in [0.717, 1.165) is 22.6 Å². The zero-order valence-electron chi connectivity index (χ0n) is 13.6. The van der Waals surface area contributed by atoms with Crippen LogP contribution in [0, 0.1) is 6.92 Å². The average molecular weight is 332 g/mol. The van der Waals surface area contributed by atoms with Gasteiger partial charge >= 0.3 is 0 Å². The van der Waals surface area contributed by atoms with Crippen LogP contribution in [0.3, 0.4) is 0 Å². The number of H-pyrrole nitrogens is 1. The van der Waals surface area contributed by atoms with Crippen molar-refractivity contribution >= 4 is 16.9 Å². The molecule has 0 atom stereocenters. The summed E-state index contributed by atoms with van der Waals surface area (Å²) in [6, 6.07) is 7.63. The van der Waals surface area contributed by atoms with Crippen molar-refractivity contribution in [2.75, 3.05) is 11.9 Å². The fraction of sp³-hybridized carbons (Fsp3) is 0.176. The van der Waals surface area contributed by atoms with Crippen molar-refractivity contribution in [2.24, 2.45) is 0 Å². The number of nitrogens with zero attached hydrogens (tertiary/aromatic N) is 6. The molecule has 0 fully saturated rings. The van der Waals surface area contributed by atoms with Gasteiger partial charge in [0.15, 0.2) is 11.5 Å². The smallest absolute Gasteiger partial charge is 0.182 e. The first-order valence-electron chi connectivity index (χ1n) is 7.94. The number of aromatic amines is 1. The van der Waals surface area contributed by atoms with Gasteiger partial charge in [-0.15, -0.1) is 0 Å². The van der Waals surface area contributed by atoms with Crippen LogP contribution < -0.4 is 5.32 Å². The molecule has 0 aliphatic carbocycles. The molecule has 0 aliphatic heterocycles. The van der Waals surface area contributed by atoms with Gasteiger partial charge in [-0.25, -0.2) is 19.9 Å². The third-order valence-corrected chi connectivity index (χ3v) is 3.69. The normalized spacial score (nSPS) is 10.9. The molecule has 0 bridgehead atoms. The summed E-state index contributed by atoms with van der Waals surface area (Å²) in [4.78, 5) is 21.7. The van der Waals surface area contributed by atoms with Crippen LogP contribution in [-0.2, 0) is 6.42 Å². The van der Waals surface area contributed by atoms with Crippen LogP contribution in [0.15, 0.2) is 42.9 Å². The van der Waals surface area contributed by atoms with Gasteiger partial charge in [0.25, 0.3) is 0 Å². The van der Waals surface area contributed by atoms with E-state index in [0.29, 0.717) is 30.3 Å². The Morgan fingerprint density at radius 2 is 2.00 bits per heavy atom. The molecule has 4 aromatic rings. The van der Waals surface area contributed by atoms with Gasteiger partial charge in [0.05, 0.1) is 5.39 Å². The Morgan fingerprint density at radius 1 is 1.08 bits per heavy atom. The molecule has 4 heterocycles. The Morgan fingerprint density at radius 3 is 2.88 bits per heavy atom. The molecular formula is C17H16N8. The van der Waals surface area contributed by atoms with E-state index < -0.39 is 0 Å². The zero-order valence-corrected chi connectivity index (χ0v) is 13.6. The van der Waals surface area contributed by atoms with Crippen molar-refractivity contribution in [1.82, 2.24) is 35.1 Å². The molecule has 0 saturated heterocycles. The molecule has 0 saturated carbocycles. The molecule has 4 aromatic heterocycles. The van der Waals surface area contributed by atoms with Crippen molar-refractivity contribution in [1.29, 1.82) is 0 Å². The molecule has 0 unspecified atom stereocenters. The van der Waals surface area contributed by atoms with Crippen molar-refractivity contribution < 1.29 is 0 Å². The van der Waals surface area contributed by atoms with Gasteiger partial charge in [-0.05, 0) is 31.2 Å². The standard InChI is InChI=1S/C17H16N8/c1-11-21-16-13(5-3-8-19-16)17(22-11)20-9-6-14-23-15(25-24-14)12-4-2-7-18-10-12/h2-5,7-8,10H,6,9H2,1H3,(H,23,24,25)(H,19,20,21,22). The van der Waals surface area contributed by atoms with Crippen LogP contribution in [0.5, 0.6) is 0 Å². The number of aryl methyl sites for hydroxylation is 1. The van der Waals surface area contributed by atoms with Gasteiger partial charge in [-0.3, -0.25) is 10.1 Å². The highest BCUT2D eigenvalue weighted by molar-refractivity contribution is 5.86. The summed E-state index contributed by atoms with van der Waals surface area (Å²) in [5, 5.41) is 11.4. The van der Waals surface area contributed by atoms with Gasteiger partial charge in [0.2, 0.25) is 0 Å². The minimum atomic E-state index is 0.649. The lowest BCUT2D eigenvalue weighted by molar-refractivity contribution is 0.895. The third-order valence-electron chi connectivity index (χ3n) is 3.69. The van der Waals surface area contributed by atoms with Crippen LogP contribution in [0.2, 0.25) is 0 Å². The summed E-state index contributed by atoms with van der Waals surface area (Å²) in [6.45, 7) is 2.53. The average Bonchev–Trinajstić information content (AvgIpc) is 3.11. The second-order valence-corrected chi connectivity index (χ2v) is 5.52. The molecule has 0 amide bonds. The summed E-state index contributed by atoms with van der Waals surface area (Å²) in [7, 11) is 0. The summed E-state index contributed by atoms with van der Waals surface area (Å²) >= 11 is 0. The Hall–Kier alpha value is -3.42. The van der Waals surface area contributed by atoms with E-state index in [-0.39, 0.29) is 0 Å². The van der Waals surface area contributed by atoms with E-state index in [9.17, 15) is 0 Å². The molecular weight excluding hydrogens is 316 g/mol. The monoisotopic (exact) mass is 332 g/mol. The van der Waals surface area contributed by atoms with E-state index in [2.05, 4.69) is 40.4 Å². The molecule has 4 rings (SSSR count). The van der Waals surface area contributed by atoms with Crippen molar-refractivity contribution in [2.45, 2.75) is 13.3 Å². The molecule has 0 aliphatic rings. The van der Waals surface area contributed by atoms with Gasteiger partial charge < -0.3 is 5.32 Å². The molecule has 124 valence electrons. The topological polar surface area (TPSA) is 105 Å². The Bertz CT molecular complexity index is 996. The maximum absolute atomic E-state index is 4.50.